The van der Waals surface area contributed by atoms with Gasteiger partial charge in [0.1, 0.15) is 0 Å². The van der Waals surface area contributed by atoms with Crippen LogP contribution in [0.1, 0.15) is 47.2 Å². The molecule has 6 rings (SSSR count). The summed E-state index contributed by atoms with van der Waals surface area (Å²) >= 11 is 13.0. The molecule has 14 heteroatoms. The number of nitrogens with zero attached hydrogens (tertiary/aromatic N) is 4. The van der Waals surface area contributed by atoms with Gasteiger partial charge >= 0.3 is 12.0 Å². The third-order valence-corrected chi connectivity index (χ3v) is 12.4. The molecule has 1 N–H and O–H groups in total. The molecule has 3 aromatic carbocycles. The number of amides is 3. The second kappa shape index (κ2) is 17.7. The molecular formula is C41H51Cl2N5O7. The van der Waals surface area contributed by atoms with Crippen molar-refractivity contribution in [3.8, 4) is 17.2 Å². The molecule has 3 amide bonds. The van der Waals surface area contributed by atoms with Gasteiger partial charge in [0.25, 0.3) is 5.91 Å². The number of likely N-dealkylation sites (tertiary alicyclic amines) is 2. The highest BCUT2D eigenvalue weighted by molar-refractivity contribution is 6.42. The summed E-state index contributed by atoms with van der Waals surface area (Å²) in [5.41, 5.74) is 1.73. The summed E-state index contributed by atoms with van der Waals surface area (Å²) in [6.45, 7) is 5.96. The summed E-state index contributed by atoms with van der Waals surface area (Å²) in [6, 6.07) is 19.3. The molecule has 0 spiro atoms. The second-order valence-corrected chi connectivity index (χ2v) is 15.4. The van der Waals surface area contributed by atoms with Crippen LogP contribution in [-0.4, -0.2) is 131 Å². The number of benzene rings is 3. The number of piperidine rings is 1. The van der Waals surface area contributed by atoms with Gasteiger partial charge in [0.05, 0.1) is 50.6 Å². The number of hydrogen-bond donors (Lipinski definition) is 1. The molecule has 0 unspecified atom stereocenters. The Hall–Kier alpha value is -4.23. The van der Waals surface area contributed by atoms with Crippen molar-refractivity contribution < 1.29 is 33.3 Å². The molecular weight excluding hydrogens is 745 g/mol. The molecule has 0 saturated carbocycles. The van der Waals surface area contributed by atoms with Crippen molar-refractivity contribution >= 4 is 41.1 Å². The number of methoxy groups -OCH3 is 4. The van der Waals surface area contributed by atoms with Gasteiger partial charge in [-0.2, -0.15) is 0 Å². The Labute approximate surface area is 333 Å². The third kappa shape index (κ3) is 8.93. The number of ether oxygens (including phenoxy) is 4. The number of piperazine rings is 1. The van der Waals surface area contributed by atoms with Gasteiger partial charge in [-0.05, 0) is 67.6 Å². The Morgan fingerprint density at radius 2 is 1.38 bits per heavy atom. The zero-order valence-corrected chi connectivity index (χ0v) is 33.6. The molecule has 296 valence electrons. The van der Waals surface area contributed by atoms with Gasteiger partial charge < -0.3 is 39.0 Å². The van der Waals surface area contributed by atoms with E-state index in [0.29, 0.717) is 72.1 Å². The summed E-state index contributed by atoms with van der Waals surface area (Å²) in [4.78, 5) is 47.8. The van der Waals surface area contributed by atoms with E-state index in [1.165, 1.54) is 28.4 Å². The van der Waals surface area contributed by atoms with Crippen LogP contribution in [-0.2, 0) is 20.5 Å². The van der Waals surface area contributed by atoms with Crippen LogP contribution in [0.4, 0.5) is 4.79 Å². The van der Waals surface area contributed by atoms with Crippen LogP contribution < -0.4 is 19.5 Å². The first kappa shape index (κ1) is 40.4. The summed E-state index contributed by atoms with van der Waals surface area (Å²) in [6.07, 6.45) is 3.05. The molecule has 12 nitrogen and oxygen atoms in total. The highest BCUT2D eigenvalue weighted by Gasteiger charge is 2.44. The molecule has 1 atom stereocenters. The van der Waals surface area contributed by atoms with Crippen LogP contribution in [0.5, 0.6) is 17.2 Å². The van der Waals surface area contributed by atoms with Gasteiger partial charge in [-0.25, -0.2) is 4.79 Å². The lowest BCUT2D eigenvalue weighted by molar-refractivity contribution is -0.142. The number of carbonyl (C=O) groups excluding carboxylic acids is 3. The van der Waals surface area contributed by atoms with E-state index in [4.69, 9.17) is 42.1 Å². The maximum absolute atomic E-state index is 14.1. The highest BCUT2D eigenvalue weighted by Crippen LogP contribution is 2.43. The van der Waals surface area contributed by atoms with E-state index in [0.717, 1.165) is 56.4 Å². The number of urea groups is 1. The van der Waals surface area contributed by atoms with Crippen LogP contribution >= 0.6 is 23.2 Å². The van der Waals surface area contributed by atoms with Gasteiger partial charge in [0, 0.05) is 63.3 Å². The lowest BCUT2D eigenvalue weighted by atomic mass is 9.76. The highest BCUT2D eigenvalue weighted by atomic mass is 35.5. The summed E-state index contributed by atoms with van der Waals surface area (Å²) in [5, 5.41) is 4.43. The topological polar surface area (TPSA) is 113 Å². The van der Waals surface area contributed by atoms with Gasteiger partial charge in [0.2, 0.25) is 5.75 Å². The molecule has 3 fully saturated rings. The van der Waals surface area contributed by atoms with Crippen LogP contribution in [0.15, 0.2) is 60.7 Å². The number of hydrogen-bond acceptors (Lipinski definition) is 9. The number of rotatable bonds is 12. The maximum Gasteiger partial charge on any atom is 0.319 e. The lowest BCUT2D eigenvalue weighted by Crippen LogP contribution is -2.59. The van der Waals surface area contributed by atoms with Crippen LogP contribution in [0, 0.1) is 0 Å². The molecule has 0 aliphatic carbocycles. The summed E-state index contributed by atoms with van der Waals surface area (Å²) in [5.74, 6) is 0.885. The largest absolute Gasteiger partial charge is 0.493 e. The smallest absolute Gasteiger partial charge is 0.319 e. The first-order chi connectivity index (χ1) is 26.5. The summed E-state index contributed by atoms with van der Waals surface area (Å²) < 4.78 is 21.4. The average molecular weight is 797 g/mol. The number of halogens is 2. The zero-order chi connectivity index (χ0) is 39.2. The van der Waals surface area contributed by atoms with Crippen molar-refractivity contribution in [1.29, 1.82) is 0 Å². The Morgan fingerprint density at radius 1 is 0.709 bits per heavy atom. The first-order valence-electron chi connectivity index (χ1n) is 18.7. The van der Waals surface area contributed by atoms with Crippen molar-refractivity contribution in [3.05, 3.63) is 87.4 Å². The van der Waals surface area contributed by atoms with E-state index in [2.05, 4.69) is 22.3 Å². The second-order valence-electron chi connectivity index (χ2n) is 14.6. The van der Waals surface area contributed by atoms with E-state index in [1.807, 2.05) is 51.1 Å². The van der Waals surface area contributed by atoms with E-state index in [-0.39, 0.29) is 29.9 Å². The molecule has 3 aromatic rings. The minimum absolute atomic E-state index is 0.0867. The first-order valence-corrected chi connectivity index (χ1v) is 19.5. The standard InChI is InChI=1S/C41H51Cl2N5O7/c1-52-34-24-29(25-35(53-2)37(34)55-4)38(50)48-19-13-40(28-48,31-10-11-32(42)33(43)26-31)12-16-45-17-14-41(15-18-45,30-8-6-5-7-9-30)44-39(51)47-22-20-46(21-23-47)27-36(49)54-3/h5-11,24-26H,12-23,27-28H2,1-4H3,(H,44,51)/t40-/m1/s1. The quantitative estimate of drug-likeness (QED) is 0.232. The lowest BCUT2D eigenvalue weighted by Gasteiger charge is -2.45. The van der Waals surface area contributed by atoms with E-state index >= 15 is 0 Å². The normalized spacial score (nSPS) is 20.2. The predicted octanol–water partition coefficient (Wildman–Crippen LogP) is 5.68. The van der Waals surface area contributed by atoms with Gasteiger partial charge in [-0.15, -0.1) is 0 Å². The van der Waals surface area contributed by atoms with Crippen LogP contribution in [0.2, 0.25) is 10.0 Å². The Balaban J connectivity index is 1.16. The van der Waals surface area contributed by atoms with Crippen LogP contribution in [0.3, 0.4) is 0 Å². The molecule has 55 heavy (non-hydrogen) atoms. The molecule has 3 saturated heterocycles. The van der Waals surface area contributed by atoms with Crippen molar-refractivity contribution in [1.82, 2.24) is 24.9 Å². The Bertz CT molecular complexity index is 1810. The Morgan fingerprint density at radius 3 is 1.98 bits per heavy atom. The van der Waals surface area contributed by atoms with E-state index in [9.17, 15) is 14.4 Å². The van der Waals surface area contributed by atoms with Gasteiger partial charge in [-0.1, -0.05) is 59.6 Å². The third-order valence-electron chi connectivity index (χ3n) is 11.6. The maximum atomic E-state index is 14.1. The molecule has 3 heterocycles. The predicted molar refractivity (Wildman–Crippen MR) is 212 cm³/mol. The Kier molecular flexibility index (Phi) is 13.0. The molecule has 3 aliphatic rings. The molecule has 0 bridgehead atoms. The minimum Gasteiger partial charge on any atom is -0.493 e. The molecule has 0 aromatic heterocycles. The minimum atomic E-state index is -0.517. The van der Waals surface area contributed by atoms with Crippen LogP contribution in [0.25, 0.3) is 0 Å². The van der Waals surface area contributed by atoms with Gasteiger partial charge in [-0.3, -0.25) is 14.5 Å². The number of nitrogens with one attached hydrogen (secondary N) is 1. The summed E-state index contributed by atoms with van der Waals surface area (Å²) in [7, 11) is 5.99. The van der Waals surface area contributed by atoms with E-state index in [1.54, 1.807) is 12.1 Å². The molecule has 3 aliphatic heterocycles. The fourth-order valence-electron chi connectivity index (χ4n) is 8.26. The fourth-order valence-corrected chi connectivity index (χ4v) is 8.55. The van der Waals surface area contributed by atoms with Crippen molar-refractivity contribution in [2.45, 2.75) is 36.6 Å². The van der Waals surface area contributed by atoms with Crippen molar-refractivity contribution in [2.75, 3.05) is 93.9 Å². The number of carbonyl (C=O) groups is 3. The zero-order valence-electron chi connectivity index (χ0n) is 32.1. The van der Waals surface area contributed by atoms with Crippen molar-refractivity contribution in [2.24, 2.45) is 0 Å². The van der Waals surface area contributed by atoms with E-state index < -0.39 is 5.54 Å². The average Bonchev–Trinajstić information content (AvgIpc) is 3.66. The van der Waals surface area contributed by atoms with Gasteiger partial charge in [0.15, 0.2) is 11.5 Å². The van der Waals surface area contributed by atoms with Crippen molar-refractivity contribution in [3.63, 3.8) is 0 Å². The number of esters is 1. The molecule has 0 radical (unpaired) electrons. The monoisotopic (exact) mass is 795 g/mol. The SMILES string of the molecule is COC(=O)CN1CCN(C(=O)NC2(c3ccccc3)CCN(CC[C@@]3(c4ccc(Cl)c(Cl)c4)CCN(C(=O)c4cc(OC)c(OC)c(OC)c4)C3)CC2)CC1. The fraction of sp³-hybridized carbons (Fsp3) is 0.488.